The molecule has 0 fully saturated rings. The van der Waals surface area contributed by atoms with Crippen LogP contribution >= 0.6 is 0 Å². The Morgan fingerprint density at radius 2 is 1.50 bits per heavy atom. The molecule has 2 aromatic rings. The van der Waals surface area contributed by atoms with Crippen molar-refractivity contribution in [1.82, 2.24) is 10.9 Å². The number of halogens is 1. The van der Waals surface area contributed by atoms with Crippen LogP contribution in [0.3, 0.4) is 0 Å². The molecule has 0 saturated heterocycles. The van der Waals surface area contributed by atoms with Crippen LogP contribution in [0.5, 0.6) is 11.5 Å². The van der Waals surface area contributed by atoms with Crippen molar-refractivity contribution in [3.63, 3.8) is 0 Å². The maximum Gasteiger partial charge on any atom is 0.242 e. The van der Waals surface area contributed by atoms with Gasteiger partial charge in [0.1, 0.15) is 5.82 Å². The number of ether oxygens (including phenoxy) is 2. The lowest BCUT2D eigenvalue weighted by molar-refractivity contribution is -0.128. The molecule has 0 radical (unpaired) electrons. The number of nitrogens with one attached hydrogen (secondary N) is 2. The summed E-state index contributed by atoms with van der Waals surface area (Å²) >= 11 is 0. The largest absolute Gasteiger partial charge is 0.493 e. The van der Waals surface area contributed by atoms with Gasteiger partial charge in [-0.2, -0.15) is 0 Å². The first-order valence-corrected chi connectivity index (χ1v) is 8.05. The van der Waals surface area contributed by atoms with E-state index in [9.17, 15) is 14.0 Å². The van der Waals surface area contributed by atoms with Crippen molar-refractivity contribution < 1.29 is 23.5 Å². The predicted molar refractivity (Wildman–Crippen MR) is 94.3 cm³/mol. The van der Waals surface area contributed by atoms with Crippen LogP contribution in [0.25, 0.3) is 0 Å². The number of hydrazine groups is 1. The summed E-state index contributed by atoms with van der Waals surface area (Å²) in [5.41, 5.74) is 6.28. The molecule has 0 aromatic heterocycles. The smallest absolute Gasteiger partial charge is 0.242 e. The third-order valence-corrected chi connectivity index (χ3v) is 3.71. The normalized spacial score (nSPS) is 10.1. The Balaban J connectivity index is 1.76. The number of hydrogen-bond donors (Lipinski definition) is 2. The third kappa shape index (κ3) is 5.77. The lowest BCUT2D eigenvalue weighted by Gasteiger charge is -2.10. The number of carbonyl (C=O) groups is 2. The lowest BCUT2D eigenvalue weighted by Crippen LogP contribution is -2.42. The summed E-state index contributed by atoms with van der Waals surface area (Å²) in [5, 5.41) is 0. The standard InChI is InChI=1S/C19H21FN2O4/c1-25-16-9-5-13(11-17(16)26-2)6-10-18(23)21-22-19(24)12-14-3-7-15(20)8-4-14/h3-5,7-9,11H,6,10,12H2,1-2H3,(H,21,23)(H,22,24). The molecule has 0 spiro atoms. The van der Waals surface area contributed by atoms with E-state index in [0.29, 0.717) is 23.5 Å². The minimum Gasteiger partial charge on any atom is -0.493 e. The molecule has 2 aromatic carbocycles. The highest BCUT2D eigenvalue weighted by Gasteiger charge is 2.08. The van der Waals surface area contributed by atoms with Crippen molar-refractivity contribution >= 4 is 11.8 Å². The van der Waals surface area contributed by atoms with Gasteiger partial charge in [-0.05, 0) is 41.8 Å². The van der Waals surface area contributed by atoms with Gasteiger partial charge in [0.05, 0.1) is 20.6 Å². The second kappa shape index (κ2) is 9.41. The highest BCUT2D eigenvalue weighted by molar-refractivity contribution is 5.83. The molecule has 0 bridgehead atoms. The van der Waals surface area contributed by atoms with Crippen LogP contribution in [-0.4, -0.2) is 26.0 Å². The zero-order valence-electron chi connectivity index (χ0n) is 14.7. The summed E-state index contributed by atoms with van der Waals surface area (Å²) in [6.45, 7) is 0. The average Bonchev–Trinajstić information content (AvgIpc) is 2.66. The second-order valence-corrected chi connectivity index (χ2v) is 5.59. The van der Waals surface area contributed by atoms with Crippen LogP contribution in [0.15, 0.2) is 42.5 Å². The summed E-state index contributed by atoms with van der Waals surface area (Å²) in [5.74, 6) is 0.160. The van der Waals surface area contributed by atoms with Crippen LogP contribution in [0, 0.1) is 5.82 Å². The van der Waals surface area contributed by atoms with Gasteiger partial charge in [-0.15, -0.1) is 0 Å². The van der Waals surface area contributed by atoms with E-state index in [-0.39, 0.29) is 30.5 Å². The number of methoxy groups -OCH3 is 2. The van der Waals surface area contributed by atoms with E-state index in [1.165, 1.54) is 24.3 Å². The zero-order valence-corrected chi connectivity index (χ0v) is 14.7. The van der Waals surface area contributed by atoms with Gasteiger partial charge in [0.15, 0.2) is 11.5 Å². The Bertz CT molecular complexity index is 763. The molecular weight excluding hydrogens is 339 g/mol. The van der Waals surface area contributed by atoms with Gasteiger partial charge in [-0.1, -0.05) is 18.2 Å². The van der Waals surface area contributed by atoms with Crippen LogP contribution in [0.1, 0.15) is 17.5 Å². The summed E-state index contributed by atoms with van der Waals surface area (Å²) in [4.78, 5) is 23.6. The molecule has 0 saturated carbocycles. The van der Waals surface area contributed by atoms with E-state index in [0.717, 1.165) is 5.56 Å². The van der Waals surface area contributed by atoms with Gasteiger partial charge in [-0.3, -0.25) is 20.4 Å². The molecule has 0 unspecified atom stereocenters. The van der Waals surface area contributed by atoms with Crippen molar-refractivity contribution in [3.8, 4) is 11.5 Å². The van der Waals surface area contributed by atoms with Crippen LogP contribution in [-0.2, 0) is 22.4 Å². The number of carbonyl (C=O) groups excluding carboxylic acids is 2. The molecule has 0 aliphatic heterocycles. The fourth-order valence-electron chi connectivity index (χ4n) is 2.33. The Hall–Kier alpha value is -3.09. The molecule has 0 atom stereocenters. The number of hydrogen-bond acceptors (Lipinski definition) is 4. The van der Waals surface area contributed by atoms with E-state index in [4.69, 9.17) is 9.47 Å². The van der Waals surface area contributed by atoms with Gasteiger partial charge in [-0.25, -0.2) is 4.39 Å². The van der Waals surface area contributed by atoms with E-state index in [1.807, 2.05) is 6.07 Å². The van der Waals surface area contributed by atoms with Gasteiger partial charge < -0.3 is 9.47 Å². The summed E-state index contributed by atoms with van der Waals surface area (Å²) in [6, 6.07) is 11.0. The molecule has 0 heterocycles. The topological polar surface area (TPSA) is 76.7 Å². The number of aryl methyl sites for hydroxylation is 1. The minimum atomic E-state index is -0.379. The Morgan fingerprint density at radius 1 is 0.885 bits per heavy atom. The van der Waals surface area contributed by atoms with Gasteiger partial charge >= 0.3 is 0 Å². The van der Waals surface area contributed by atoms with Gasteiger partial charge in [0.2, 0.25) is 11.8 Å². The van der Waals surface area contributed by atoms with Crippen LogP contribution in [0.2, 0.25) is 0 Å². The van der Waals surface area contributed by atoms with Crippen molar-refractivity contribution in [2.75, 3.05) is 14.2 Å². The Labute approximate surface area is 151 Å². The van der Waals surface area contributed by atoms with Crippen molar-refractivity contribution in [1.29, 1.82) is 0 Å². The fourth-order valence-corrected chi connectivity index (χ4v) is 2.33. The number of amides is 2. The Morgan fingerprint density at radius 3 is 2.15 bits per heavy atom. The summed E-state index contributed by atoms with van der Waals surface area (Å²) in [7, 11) is 3.10. The average molecular weight is 360 g/mol. The molecule has 2 N–H and O–H groups in total. The summed E-state index contributed by atoms with van der Waals surface area (Å²) < 4.78 is 23.2. The van der Waals surface area contributed by atoms with E-state index >= 15 is 0 Å². The monoisotopic (exact) mass is 360 g/mol. The molecule has 7 heteroatoms. The first-order chi connectivity index (χ1) is 12.5. The third-order valence-electron chi connectivity index (χ3n) is 3.71. The van der Waals surface area contributed by atoms with E-state index in [2.05, 4.69) is 10.9 Å². The molecule has 6 nitrogen and oxygen atoms in total. The lowest BCUT2D eigenvalue weighted by atomic mass is 10.1. The molecule has 2 amide bonds. The molecule has 0 aliphatic rings. The molecule has 138 valence electrons. The maximum absolute atomic E-state index is 12.8. The zero-order chi connectivity index (χ0) is 18.9. The van der Waals surface area contributed by atoms with Crippen molar-refractivity contribution in [3.05, 3.63) is 59.4 Å². The SMILES string of the molecule is COc1ccc(CCC(=O)NNC(=O)Cc2ccc(F)cc2)cc1OC. The number of benzene rings is 2. The first kappa shape index (κ1) is 19.2. The molecule has 26 heavy (non-hydrogen) atoms. The van der Waals surface area contributed by atoms with Crippen molar-refractivity contribution in [2.24, 2.45) is 0 Å². The maximum atomic E-state index is 12.8. The number of rotatable bonds is 7. The van der Waals surface area contributed by atoms with Crippen LogP contribution in [0.4, 0.5) is 4.39 Å². The van der Waals surface area contributed by atoms with Crippen LogP contribution < -0.4 is 20.3 Å². The molecule has 0 aliphatic carbocycles. The minimum absolute atomic E-state index is 0.0518. The second-order valence-electron chi connectivity index (χ2n) is 5.59. The van der Waals surface area contributed by atoms with Crippen molar-refractivity contribution in [2.45, 2.75) is 19.3 Å². The van der Waals surface area contributed by atoms with Gasteiger partial charge in [0, 0.05) is 6.42 Å². The molecule has 2 rings (SSSR count). The summed E-state index contributed by atoms with van der Waals surface area (Å²) in [6.07, 6.45) is 0.739. The van der Waals surface area contributed by atoms with E-state index < -0.39 is 0 Å². The highest BCUT2D eigenvalue weighted by atomic mass is 19.1. The van der Waals surface area contributed by atoms with Gasteiger partial charge in [0.25, 0.3) is 0 Å². The first-order valence-electron chi connectivity index (χ1n) is 8.05. The predicted octanol–water partition coefficient (Wildman–Crippen LogP) is 2.17. The highest BCUT2D eigenvalue weighted by Crippen LogP contribution is 2.27. The fraction of sp³-hybridized carbons (Fsp3) is 0.263. The Kier molecular flexibility index (Phi) is 6.96. The quantitative estimate of drug-likeness (QED) is 0.742. The molecular formula is C19H21FN2O4. The van der Waals surface area contributed by atoms with E-state index in [1.54, 1.807) is 26.4 Å².